The minimum atomic E-state index is -1.29. The predicted octanol–water partition coefficient (Wildman–Crippen LogP) is 3.00. The number of aryl methyl sites for hydroxylation is 1. The summed E-state index contributed by atoms with van der Waals surface area (Å²) in [5.41, 5.74) is 1.02. The molecule has 0 aliphatic carbocycles. The average Bonchev–Trinajstić information content (AvgIpc) is 2.65. The Morgan fingerprint density at radius 1 is 1.50 bits per heavy atom. The van der Waals surface area contributed by atoms with Gasteiger partial charge in [0.15, 0.2) is 5.75 Å². The van der Waals surface area contributed by atoms with Gasteiger partial charge in [-0.3, -0.25) is 0 Å². The van der Waals surface area contributed by atoms with Crippen LogP contribution >= 0.6 is 27.5 Å². The molecule has 0 aliphatic heterocycles. The number of nitrogens with zero attached hydrogens (tertiary/aromatic N) is 2. The van der Waals surface area contributed by atoms with Gasteiger partial charge in [-0.2, -0.15) is 5.10 Å². The van der Waals surface area contributed by atoms with E-state index in [1.54, 1.807) is 12.1 Å². The fraction of sp³-hybridized carbons (Fsp3) is 0.0909. The van der Waals surface area contributed by atoms with Gasteiger partial charge < -0.3 is 10.2 Å². The SMILES string of the molecule is Cc1cc(Br)c(-n2cc(O)c(C(=O)O)n2)cc1Cl. The van der Waals surface area contributed by atoms with Crippen molar-refractivity contribution in [3.8, 4) is 11.4 Å². The Labute approximate surface area is 116 Å². The minimum Gasteiger partial charge on any atom is -0.504 e. The van der Waals surface area contributed by atoms with Crippen LogP contribution in [0.25, 0.3) is 5.69 Å². The number of carboxylic acid groups (broad SMARTS) is 1. The van der Waals surface area contributed by atoms with Crippen LogP contribution in [0, 0.1) is 6.92 Å². The van der Waals surface area contributed by atoms with E-state index in [2.05, 4.69) is 21.0 Å². The van der Waals surface area contributed by atoms with E-state index in [1.165, 1.54) is 10.9 Å². The Balaban J connectivity index is 2.59. The highest BCUT2D eigenvalue weighted by atomic mass is 79.9. The molecule has 1 aromatic carbocycles. The lowest BCUT2D eigenvalue weighted by Gasteiger charge is -2.07. The monoisotopic (exact) mass is 330 g/mol. The molecule has 0 radical (unpaired) electrons. The number of hydrogen-bond acceptors (Lipinski definition) is 3. The lowest BCUT2D eigenvalue weighted by molar-refractivity contribution is 0.0687. The van der Waals surface area contributed by atoms with Crippen molar-refractivity contribution >= 4 is 33.5 Å². The van der Waals surface area contributed by atoms with Crippen LogP contribution in [-0.4, -0.2) is 26.0 Å². The lowest BCUT2D eigenvalue weighted by Crippen LogP contribution is -2.02. The molecule has 94 valence electrons. The molecular formula is C11H8BrClN2O3. The van der Waals surface area contributed by atoms with Crippen LogP contribution in [0.1, 0.15) is 16.1 Å². The molecule has 0 atom stereocenters. The summed E-state index contributed by atoms with van der Waals surface area (Å²) in [5, 5.41) is 22.6. The first-order valence-corrected chi connectivity index (χ1v) is 6.05. The molecule has 0 saturated heterocycles. The van der Waals surface area contributed by atoms with E-state index < -0.39 is 17.4 Å². The number of carboxylic acids is 1. The van der Waals surface area contributed by atoms with Crippen LogP contribution in [0.3, 0.4) is 0 Å². The highest BCUT2D eigenvalue weighted by Crippen LogP contribution is 2.29. The van der Waals surface area contributed by atoms with Crippen molar-refractivity contribution in [1.29, 1.82) is 0 Å². The minimum absolute atomic E-state index is 0.397. The normalized spacial score (nSPS) is 10.6. The van der Waals surface area contributed by atoms with E-state index in [0.29, 0.717) is 15.2 Å². The summed E-state index contributed by atoms with van der Waals surface area (Å²) in [4.78, 5) is 10.8. The van der Waals surface area contributed by atoms with Crippen LogP contribution in [0.5, 0.6) is 5.75 Å². The number of halogens is 2. The lowest BCUT2D eigenvalue weighted by atomic mass is 10.2. The molecule has 7 heteroatoms. The molecule has 0 bridgehead atoms. The Hall–Kier alpha value is -1.53. The van der Waals surface area contributed by atoms with Crippen molar-refractivity contribution in [3.63, 3.8) is 0 Å². The standard InChI is InChI=1S/C11H8BrClN2O3/c1-5-2-6(12)8(3-7(5)13)15-4-9(16)10(14-15)11(17)18/h2-4,16H,1H3,(H,17,18). The molecule has 2 aromatic rings. The molecule has 2 rings (SSSR count). The van der Waals surface area contributed by atoms with Crippen LogP contribution in [0.2, 0.25) is 5.02 Å². The van der Waals surface area contributed by atoms with Crippen LogP contribution in [0.15, 0.2) is 22.8 Å². The van der Waals surface area contributed by atoms with Crippen LogP contribution < -0.4 is 0 Å². The van der Waals surface area contributed by atoms with Gasteiger partial charge in [-0.05, 0) is 40.5 Å². The van der Waals surface area contributed by atoms with Gasteiger partial charge in [0.25, 0.3) is 0 Å². The van der Waals surface area contributed by atoms with Gasteiger partial charge in [-0.25, -0.2) is 9.48 Å². The van der Waals surface area contributed by atoms with Gasteiger partial charge in [-0.1, -0.05) is 11.6 Å². The maximum Gasteiger partial charge on any atom is 0.360 e. The largest absolute Gasteiger partial charge is 0.504 e. The fourth-order valence-corrected chi connectivity index (χ4v) is 2.25. The smallest absolute Gasteiger partial charge is 0.360 e. The van der Waals surface area contributed by atoms with Gasteiger partial charge in [0.1, 0.15) is 0 Å². The van der Waals surface area contributed by atoms with Gasteiger partial charge in [-0.15, -0.1) is 0 Å². The third-order valence-corrected chi connectivity index (χ3v) is 3.41. The zero-order valence-corrected chi connectivity index (χ0v) is 11.5. The maximum atomic E-state index is 10.8. The highest BCUT2D eigenvalue weighted by molar-refractivity contribution is 9.10. The van der Waals surface area contributed by atoms with E-state index in [-0.39, 0.29) is 0 Å². The molecule has 5 nitrogen and oxygen atoms in total. The summed E-state index contributed by atoms with van der Waals surface area (Å²) in [6.45, 7) is 1.85. The first kappa shape index (κ1) is 12.9. The summed E-state index contributed by atoms with van der Waals surface area (Å²) < 4.78 is 1.96. The molecule has 0 amide bonds. The van der Waals surface area contributed by atoms with E-state index in [9.17, 15) is 9.90 Å². The van der Waals surface area contributed by atoms with Crippen molar-refractivity contribution in [2.24, 2.45) is 0 Å². The van der Waals surface area contributed by atoms with Crippen molar-refractivity contribution in [2.45, 2.75) is 6.92 Å². The average molecular weight is 332 g/mol. The number of aromatic carboxylic acids is 1. The molecule has 2 N–H and O–H groups in total. The quantitative estimate of drug-likeness (QED) is 0.887. The van der Waals surface area contributed by atoms with Crippen LogP contribution in [-0.2, 0) is 0 Å². The summed E-state index contributed by atoms with van der Waals surface area (Å²) in [5.74, 6) is -1.69. The predicted molar refractivity (Wildman–Crippen MR) is 69.6 cm³/mol. The van der Waals surface area contributed by atoms with Gasteiger partial charge >= 0.3 is 5.97 Å². The van der Waals surface area contributed by atoms with Crippen molar-refractivity contribution in [3.05, 3.63) is 39.1 Å². The molecule has 1 heterocycles. The molecule has 0 fully saturated rings. The zero-order chi connectivity index (χ0) is 13.4. The third-order valence-electron chi connectivity index (χ3n) is 2.37. The number of hydrogen-bond donors (Lipinski definition) is 2. The number of rotatable bonds is 2. The number of carbonyl (C=O) groups is 1. The van der Waals surface area contributed by atoms with Crippen molar-refractivity contribution in [1.82, 2.24) is 9.78 Å². The second-order valence-electron chi connectivity index (χ2n) is 3.67. The zero-order valence-electron chi connectivity index (χ0n) is 9.19. The Bertz CT molecular complexity index is 639. The van der Waals surface area contributed by atoms with E-state index in [1.807, 2.05) is 6.92 Å². The van der Waals surface area contributed by atoms with Crippen molar-refractivity contribution < 1.29 is 15.0 Å². The highest BCUT2D eigenvalue weighted by Gasteiger charge is 2.17. The Morgan fingerprint density at radius 3 is 2.72 bits per heavy atom. The molecule has 0 aliphatic rings. The van der Waals surface area contributed by atoms with E-state index in [0.717, 1.165) is 5.56 Å². The summed E-state index contributed by atoms with van der Waals surface area (Å²) in [6, 6.07) is 3.43. The van der Waals surface area contributed by atoms with E-state index in [4.69, 9.17) is 16.7 Å². The molecule has 0 unspecified atom stereocenters. The second-order valence-corrected chi connectivity index (χ2v) is 4.93. The first-order valence-electron chi connectivity index (χ1n) is 4.88. The number of aromatic hydroxyl groups is 1. The topological polar surface area (TPSA) is 75.4 Å². The molecule has 0 spiro atoms. The molecule has 0 saturated carbocycles. The van der Waals surface area contributed by atoms with Gasteiger partial charge in [0.2, 0.25) is 5.69 Å². The second kappa shape index (κ2) is 4.62. The first-order chi connectivity index (χ1) is 8.40. The number of benzene rings is 1. The molecule has 18 heavy (non-hydrogen) atoms. The summed E-state index contributed by atoms with van der Waals surface area (Å²) in [7, 11) is 0. The third kappa shape index (κ3) is 2.21. The summed E-state index contributed by atoms with van der Waals surface area (Å²) in [6.07, 6.45) is 1.22. The van der Waals surface area contributed by atoms with Gasteiger partial charge in [0.05, 0.1) is 11.9 Å². The molecule has 1 aromatic heterocycles. The van der Waals surface area contributed by atoms with E-state index >= 15 is 0 Å². The maximum absolute atomic E-state index is 10.8. The Morgan fingerprint density at radius 2 is 2.17 bits per heavy atom. The summed E-state index contributed by atoms with van der Waals surface area (Å²) >= 11 is 9.34. The van der Waals surface area contributed by atoms with Gasteiger partial charge in [0, 0.05) is 9.50 Å². The van der Waals surface area contributed by atoms with Crippen LogP contribution in [0.4, 0.5) is 0 Å². The van der Waals surface area contributed by atoms with Crippen molar-refractivity contribution in [2.75, 3.05) is 0 Å². The fourth-order valence-electron chi connectivity index (χ4n) is 1.45. The Kier molecular flexibility index (Phi) is 3.32. The number of aromatic nitrogens is 2. The molecular weight excluding hydrogens is 323 g/mol.